The minimum absolute atomic E-state index is 0.00502. The third-order valence-corrected chi connectivity index (χ3v) is 2.65. The normalized spacial score (nSPS) is 14.8. The molecule has 0 spiro atoms. The molecule has 0 radical (unpaired) electrons. The number of rotatable bonds is 4. The van der Waals surface area contributed by atoms with Gasteiger partial charge >= 0.3 is 0 Å². The molecule has 0 bridgehead atoms. The van der Waals surface area contributed by atoms with Gasteiger partial charge in [-0.15, -0.1) is 0 Å². The third kappa shape index (κ3) is 2.64. The molecule has 1 heterocycles. The lowest BCUT2D eigenvalue weighted by molar-refractivity contribution is -0.119. The van der Waals surface area contributed by atoms with Gasteiger partial charge in [-0.2, -0.15) is 0 Å². The van der Waals surface area contributed by atoms with Crippen LogP contribution in [0.1, 0.15) is 13.8 Å². The Balaban J connectivity index is 2.15. The zero-order valence-corrected chi connectivity index (χ0v) is 10.4. The molecule has 0 aliphatic carbocycles. The Labute approximate surface area is 104 Å². The van der Waals surface area contributed by atoms with Gasteiger partial charge in [0.1, 0.15) is 5.75 Å². The fourth-order valence-corrected chi connectivity index (χ4v) is 1.84. The van der Waals surface area contributed by atoms with E-state index in [1.54, 1.807) is 18.2 Å². The minimum Gasteiger partial charge on any atom is -0.481 e. The smallest absolute Gasteiger partial charge is 0.262 e. The van der Waals surface area contributed by atoms with E-state index in [0.29, 0.717) is 17.2 Å². The fraction of sp³-hybridized carbons (Fsp3) is 0.417. The lowest BCUT2D eigenvalue weighted by atomic mass is 10.1. The number of ether oxygens (including phenoxy) is 3. The van der Waals surface area contributed by atoms with E-state index in [1.807, 2.05) is 13.8 Å². The minimum atomic E-state index is -0.656. The molecule has 1 aliphatic rings. The van der Waals surface area contributed by atoms with Crippen molar-refractivity contribution in [2.24, 2.45) is 5.92 Å². The second kappa shape index (κ2) is 4.84. The molecule has 0 aromatic heterocycles. The van der Waals surface area contributed by atoms with Crippen molar-refractivity contribution in [3.63, 3.8) is 0 Å². The molecule has 0 N–H and O–H groups in total. The van der Waals surface area contributed by atoms with E-state index in [4.69, 9.17) is 25.8 Å². The van der Waals surface area contributed by atoms with Gasteiger partial charge < -0.3 is 14.2 Å². The Kier molecular flexibility index (Phi) is 3.43. The number of hydrogen-bond acceptors (Lipinski definition) is 4. The first-order valence-corrected chi connectivity index (χ1v) is 5.71. The molecule has 0 saturated carbocycles. The van der Waals surface area contributed by atoms with Crippen molar-refractivity contribution in [2.45, 2.75) is 20.0 Å². The second-order valence-electron chi connectivity index (χ2n) is 4.10. The molecule has 1 atom stereocenters. The van der Waals surface area contributed by atoms with Gasteiger partial charge in [0.2, 0.25) is 6.79 Å². The molecule has 0 saturated heterocycles. The summed E-state index contributed by atoms with van der Waals surface area (Å²) in [5.74, 6) is 1.84. The lowest BCUT2D eigenvalue weighted by Crippen LogP contribution is -2.29. The van der Waals surface area contributed by atoms with Gasteiger partial charge in [-0.05, 0) is 29.7 Å². The lowest BCUT2D eigenvalue weighted by Gasteiger charge is -2.18. The zero-order valence-electron chi connectivity index (χ0n) is 9.60. The zero-order chi connectivity index (χ0) is 12.4. The average Bonchev–Trinajstić information content (AvgIpc) is 2.71. The van der Waals surface area contributed by atoms with Gasteiger partial charge in [-0.3, -0.25) is 4.79 Å². The van der Waals surface area contributed by atoms with Gasteiger partial charge in [-0.1, -0.05) is 13.8 Å². The van der Waals surface area contributed by atoms with Crippen molar-refractivity contribution in [3.8, 4) is 17.2 Å². The summed E-state index contributed by atoms with van der Waals surface area (Å²) in [6, 6.07) is 5.16. The molecule has 4 nitrogen and oxygen atoms in total. The maximum absolute atomic E-state index is 11.2. The summed E-state index contributed by atoms with van der Waals surface area (Å²) in [5, 5.41) is -0.502. The first-order valence-electron chi connectivity index (χ1n) is 5.33. The van der Waals surface area contributed by atoms with Crippen LogP contribution in [0.2, 0.25) is 0 Å². The summed E-state index contributed by atoms with van der Waals surface area (Å²) < 4.78 is 15.9. The molecule has 5 heteroatoms. The van der Waals surface area contributed by atoms with Gasteiger partial charge in [0.05, 0.1) is 0 Å². The van der Waals surface area contributed by atoms with Gasteiger partial charge in [0.25, 0.3) is 5.24 Å². The quantitative estimate of drug-likeness (QED) is 0.777. The highest BCUT2D eigenvalue weighted by Crippen LogP contribution is 2.35. The molecule has 2 rings (SSSR count). The topological polar surface area (TPSA) is 44.8 Å². The highest BCUT2D eigenvalue weighted by molar-refractivity contribution is 6.64. The number of halogens is 1. The summed E-state index contributed by atoms with van der Waals surface area (Å²) in [7, 11) is 0. The first-order chi connectivity index (χ1) is 8.08. The fourth-order valence-electron chi connectivity index (χ4n) is 1.54. The van der Waals surface area contributed by atoms with Crippen LogP contribution in [0.4, 0.5) is 0 Å². The number of carbonyl (C=O) groups excluding carboxylic acids is 1. The highest BCUT2D eigenvalue weighted by Gasteiger charge is 2.23. The molecule has 17 heavy (non-hydrogen) atoms. The van der Waals surface area contributed by atoms with Crippen LogP contribution in [0.15, 0.2) is 18.2 Å². The average molecular weight is 257 g/mol. The van der Waals surface area contributed by atoms with Gasteiger partial charge in [0, 0.05) is 6.07 Å². The number of hydrogen-bond donors (Lipinski definition) is 0. The largest absolute Gasteiger partial charge is 0.481 e. The van der Waals surface area contributed by atoms with Crippen molar-refractivity contribution in [2.75, 3.05) is 6.79 Å². The van der Waals surface area contributed by atoms with Crippen LogP contribution >= 0.6 is 11.6 Å². The van der Waals surface area contributed by atoms with Crippen molar-refractivity contribution < 1.29 is 19.0 Å². The second-order valence-corrected chi connectivity index (χ2v) is 4.47. The molecule has 1 aromatic rings. The standard InChI is InChI=1S/C12H13ClO4/c1-7(2)11(12(13)14)17-8-3-4-9-10(5-8)16-6-15-9/h3-5,7,11H,6H2,1-2H3. The molecular weight excluding hydrogens is 244 g/mol. The predicted molar refractivity (Wildman–Crippen MR) is 62.7 cm³/mol. The molecular formula is C12H13ClO4. The van der Waals surface area contributed by atoms with Crippen molar-refractivity contribution >= 4 is 16.8 Å². The molecule has 0 amide bonds. The Bertz CT molecular complexity index is 431. The van der Waals surface area contributed by atoms with E-state index in [2.05, 4.69) is 0 Å². The Hall–Kier alpha value is -1.42. The van der Waals surface area contributed by atoms with Crippen molar-refractivity contribution in [1.82, 2.24) is 0 Å². The first kappa shape index (κ1) is 12.0. The van der Waals surface area contributed by atoms with Crippen LogP contribution in [-0.4, -0.2) is 18.1 Å². The summed E-state index contributed by atoms with van der Waals surface area (Å²) in [5.41, 5.74) is 0. The number of carbonyl (C=O) groups is 1. The van der Waals surface area contributed by atoms with E-state index >= 15 is 0 Å². The monoisotopic (exact) mass is 256 g/mol. The Morgan fingerprint density at radius 3 is 2.71 bits per heavy atom. The van der Waals surface area contributed by atoms with Crippen molar-refractivity contribution in [1.29, 1.82) is 0 Å². The molecule has 1 unspecified atom stereocenters. The number of benzene rings is 1. The number of fused-ring (bicyclic) bond motifs is 1. The summed E-state index contributed by atoms with van der Waals surface area (Å²) >= 11 is 5.49. The van der Waals surface area contributed by atoms with Crippen LogP contribution in [0.3, 0.4) is 0 Å². The molecule has 0 fully saturated rings. The summed E-state index contributed by atoms with van der Waals surface area (Å²) in [4.78, 5) is 11.2. The van der Waals surface area contributed by atoms with Crippen molar-refractivity contribution in [3.05, 3.63) is 18.2 Å². The van der Waals surface area contributed by atoms with E-state index in [9.17, 15) is 4.79 Å². The van der Waals surface area contributed by atoms with E-state index in [0.717, 1.165) is 0 Å². The van der Waals surface area contributed by atoms with E-state index in [-0.39, 0.29) is 12.7 Å². The Morgan fingerprint density at radius 2 is 2.06 bits per heavy atom. The molecule has 1 aliphatic heterocycles. The molecule has 92 valence electrons. The maximum atomic E-state index is 11.2. The van der Waals surface area contributed by atoms with Crippen LogP contribution in [-0.2, 0) is 4.79 Å². The van der Waals surface area contributed by atoms with E-state index in [1.165, 1.54) is 0 Å². The SMILES string of the molecule is CC(C)C(Oc1ccc2c(c1)OCO2)C(=O)Cl. The predicted octanol–water partition coefficient (Wildman–Crippen LogP) is 2.58. The van der Waals surface area contributed by atoms with Gasteiger partial charge in [-0.25, -0.2) is 0 Å². The van der Waals surface area contributed by atoms with Crippen LogP contribution in [0, 0.1) is 5.92 Å². The third-order valence-electron chi connectivity index (χ3n) is 2.44. The van der Waals surface area contributed by atoms with Crippen LogP contribution < -0.4 is 14.2 Å². The highest BCUT2D eigenvalue weighted by atomic mass is 35.5. The maximum Gasteiger partial charge on any atom is 0.262 e. The van der Waals surface area contributed by atoms with Gasteiger partial charge in [0.15, 0.2) is 17.6 Å². The Morgan fingerprint density at radius 1 is 1.35 bits per heavy atom. The summed E-state index contributed by atoms with van der Waals surface area (Å²) in [6.45, 7) is 3.96. The van der Waals surface area contributed by atoms with Crippen LogP contribution in [0.25, 0.3) is 0 Å². The van der Waals surface area contributed by atoms with E-state index < -0.39 is 11.3 Å². The summed E-state index contributed by atoms with van der Waals surface area (Å²) in [6.07, 6.45) is -0.656. The molecule has 1 aromatic carbocycles. The van der Waals surface area contributed by atoms with Crippen LogP contribution in [0.5, 0.6) is 17.2 Å².